The van der Waals surface area contributed by atoms with Gasteiger partial charge in [0.2, 0.25) is 0 Å². The molecule has 1 aliphatic heterocycles. The minimum absolute atomic E-state index is 0.00122. The van der Waals surface area contributed by atoms with Gasteiger partial charge in [0, 0.05) is 10.8 Å². The Morgan fingerprint density at radius 1 is 1.00 bits per heavy atom. The normalized spacial score (nSPS) is 46.7. The van der Waals surface area contributed by atoms with Crippen LogP contribution >= 0.6 is 0 Å². The lowest BCUT2D eigenvalue weighted by atomic mass is 9.40. The van der Waals surface area contributed by atoms with Crippen molar-refractivity contribution in [2.75, 3.05) is 0 Å². The van der Waals surface area contributed by atoms with Gasteiger partial charge in [0.25, 0.3) is 0 Å². The number of ether oxygens (including phenoxy) is 1. The van der Waals surface area contributed by atoms with E-state index < -0.39 is 39.7 Å². The Morgan fingerprint density at radius 2 is 1.64 bits per heavy atom. The minimum atomic E-state index is -1.26. The fourth-order valence-corrected chi connectivity index (χ4v) is 10.3. The number of epoxide rings is 1. The number of aliphatic hydroxyl groups is 4. The second-order valence-electron chi connectivity index (χ2n) is 15.7. The van der Waals surface area contributed by atoms with Crippen molar-refractivity contribution < 1.29 is 35.1 Å². The number of allylic oxidation sites excluding steroid dienone is 1. The number of carbonyl (C=O) groups excluding carboxylic acids is 1. The minimum Gasteiger partial charge on any atom is -0.508 e. The predicted octanol–water partition coefficient (Wildman–Crippen LogP) is 4.32. The molecule has 5 N–H and O–H groups in total. The van der Waals surface area contributed by atoms with Crippen LogP contribution in [0.15, 0.2) is 35.9 Å². The second kappa shape index (κ2) is 9.61. The average molecular weight is 583 g/mol. The molecule has 4 fully saturated rings. The molecule has 0 aromatic heterocycles. The number of carbonyl (C=O) groups is 1. The van der Waals surface area contributed by atoms with E-state index >= 15 is 0 Å². The molecule has 232 valence electrons. The molecule has 1 saturated heterocycles. The molecular weight excluding hydrogens is 532 g/mol. The smallest absolute Gasteiger partial charge is 0.162 e. The number of benzene rings is 1. The molecule has 0 unspecified atom stereocenters. The van der Waals surface area contributed by atoms with E-state index in [9.17, 15) is 30.3 Å². The number of phenols is 1. The van der Waals surface area contributed by atoms with Crippen molar-refractivity contribution >= 4 is 5.78 Å². The summed E-state index contributed by atoms with van der Waals surface area (Å²) in [6, 6.07) is 6.86. The van der Waals surface area contributed by atoms with Crippen LogP contribution in [0.25, 0.3) is 0 Å². The van der Waals surface area contributed by atoms with Crippen molar-refractivity contribution in [3.8, 4) is 5.75 Å². The van der Waals surface area contributed by atoms with Gasteiger partial charge in [-0.1, -0.05) is 46.8 Å². The van der Waals surface area contributed by atoms with Gasteiger partial charge < -0.3 is 30.3 Å². The van der Waals surface area contributed by atoms with Crippen LogP contribution in [0, 0.1) is 39.9 Å². The van der Waals surface area contributed by atoms with Crippen molar-refractivity contribution in [2.24, 2.45) is 39.9 Å². The first-order valence-electron chi connectivity index (χ1n) is 16.0. The summed E-state index contributed by atoms with van der Waals surface area (Å²) >= 11 is 0. The summed E-state index contributed by atoms with van der Waals surface area (Å²) in [5.41, 5.74) is -3.03. The van der Waals surface area contributed by atoms with E-state index in [1.165, 1.54) is 0 Å². The average Bonchev–Trinajstić information content (AvgIpc) is 3.67. The van der Waals surface area contributed by atoms with Crippen molar-refractivity contribution in [1.82, 2.24) is 0 Å². The molecule has 0 spiro atoms. The van der Waals surface area contributed by atoms with Gasteiger partial charge in [0.1, 0.15) is 11.9 Å². The SMILES string of the molecule is CC(C)[C@@H](C)[C@@H]1O[C@H]1[C@](C)(O)[C@H]1CC[C@@]2(O)C3=CC(=O)[C@]4(Cc5ccc(O)cc5)C[C@@H](O)[C@@H](O)C[C@]4(C)[C@H]3CC[C@]12C. The molecule has 1 heterocycles. The van der Waals surface area contributed by atoms with Gasteiger partial charge in [-0.3, -0.25) is 4.79 Å². The lowest BCUT2D eigenvalue weighted by Crippen LogP contribution is -2.66. The number of phenolic OH excluding ortho intramolecular Hbond substituents is 1. The molecule has 7 nitrogen and oxygen atoms in total. The maximum absolute atomic E-state index is 14.4. The predicted molar refractivity (Wildman–Crippen MR) is 158 cm³/mol. The van der Waals surface area contributed by atoms with Crippen molar-refractivity contribution in [2.45, 2.75) is 122 Å². The van der Waals surface area contributed by atoms with Gasteiger partial charge in [-0.2, -0.15) is 0 Å². The Kier molecular flexibility index (Phi) is 6.93. The van der Waals surface area contributed by atoms with Gasteiger partial charge in [-0.25, -0.2) is 0 Å². The monoisotopic (exact) mass is 582 g/mol. The first kappa shape index (κ1) is 30.3. The van der Waals surface area contributed by atoms with E-state index in [-0.39, 0.29) is 48.4 Å². The van der Waals surface area contributed by atoms with Crippen molar-refractivity contribution in [3.63, 3.8) is 0 Å². The van der Waals surface area contributed by atoms with E-state index in [0.29, 0.717) is 37.5 Å². The molecule has 1 aromatic rings. The fraction of sp³-hybridized carbons (Fsp3) is 0.743. The maximum Gasteiger partial charge on any atom is 0.162 e. The van der Waals surface area contributed by atoms with Crippen LogP contribution in [-0.4, -0.2) is 66.9 Å². The van der Waals surface area contributed by atoms with E-state index in [1.54, 1.807) is 18.2 Å². The van der Waals surface area contributed by atoms with Gasteiger partial charge in [-0.15, -0.1) is 0 Å². The van der Waals surface area contributed by atoms with E-state index in [2.05, 4.69) is 34.6 Å². The molecule has 0 amide bonds. The van der Waals surface area contributed by atoms with Crippen LogP contribution in [0.2, 0.25) is 0 Å². The summed E-state index contributed by atoms with van der Waals surface area (Å²) in [6.07, 6.45) is 2.73. The summed E-state index contributed by atoms with van der Waals surface area (Å²) in [4.78, 5) is 14.4. The number of aromatic hydroxyl groups is 1. The van der Waals surface area contributed by atoms with Gasteiger partial charge in [0.05, 0.1) is 29.5 Å². The molecule has 1 aromatic carbocycles. The Labute approximate surface area is 250 Å². The summed E-state index contributed by atoms with van der Waals surface area (Å²) in [5.74, 6) is 0.446. The highest BCUT2D eigenvalue weighted by Crippen LogP contribution is 2.71. The summed E-state index contributed by atoms with van der Waals surface area (Å²) in [5, 5.41) is 56.5. The number of rotatable bonds is 6. The van der Waals surface area contributed by atoms with Crippen molar-refractivity contribution in [3.05, 3.63) is 41.5 Å². The molecule has 12 atom stereocenters. The third-order valence-electron chi connectivity index (χ3n) is 13.4. The molecule has 0 radical (unpaired) electrons. The standard InChI is InChI=1S/C35H50O7/c1-19(2)20(3)29-30(42-29)33(6,40)27-12-14-35(41)24-15-28(39)34(16-21-7-9-22(36)10-8-21)18-26(38)25(37)17-32(34,5)23(24)11-13-31(27,35)4/h7-10,15,19-20,23,25-27,29-30,36-38,40-41H,11-14,16-18H2,1-6H3/t20-,23+,25+,26-,27+,29+,30-,31-,32-,33-,34+,35-/m1/s1. The third kappa shape index (κ3) is 3.99. The number of ketones is 1. The van der Waals surface area contributed by atoms with Gasteiger partial charge >= 0.3 is 0 Å². The number of hydrogen-bond acceptors (Lipinski definition) is 7. The quantitative estimate of drug-likeness (QED) is 0.316. The lowest BCUT2D eigenvalue weighted by Gasteiger charge is -2.64. The highest BCUT2D eigenvalue weighted by Gasteiger charge is 2.73. The fourth-order valence-electron chi connectivity index (χ4n) is 10.3. The summed E-state index contributed by atoms with van der Waals surface area (Å²) in [6.45, 7) is 12.5. The molecule has 6 rings (SSSR count). The second-order valence-corrected chi connectivity index (χ2v) is 15.7. The van der Waals surface area contributed by atoms with Crippen LogP contribution in [0.3, 0.4) is 0 Å². The Bertz CT molecular complexity index is 1270. The van der Waals surface area contributed by atoms with Crippen molar-refractivity contribution in [1.29, 1.82) is 0 Å². The Balaban J connectivity index is 1.38. The summed E-state index contributed by atoms with van der Waals surface area (Å²) < 4.78 is 6.12. The van der Waals surface area contributed by atoms with Crippen LogP contribution in [0.1, 0.15) is 85.6 Å². The molecule has 4 aliphatic carbocycles. The number of aliphatic hydroxyl groups excluding tert-OH is 2. The topological polar surface area (TPSA) is 131 Å². The molecule has 42 heavy (non-hydrogen) atoms. The lowest BCUT2D eigenvalue weighted by molar-refractivity contribution is -0.184. The Hall–Kier alpha value is -1.77. The molecule has 3 saturated carbocycles. The molecule has 5 aliphatic rings. The Morgan fingerprint density at radius 3 is 2.29 bits per heavy atom. The zero-order chi connectivity index (χ0) is 30.6. The van der Waals surface area contributed by atoms with Gasteiger partial charge in [0.15, 0.2) is 5.78 Å². The molecule has 0 bridgehead atoms. The largest absolute Gasteiger partial charge is 0.508 e. The van der Waals surface area contributed by atoms with E-state index in [4.69, 9.17) is 4.74 Å². The maximum atomic E-state index is 14.4. The molecule has 7 heteroatoms. The van der Waals surface area contributed by atoms with Crippen LogP contribution in [0.5, 0.6) is 5.75 Å². The zero-order valence-electron chi connectivity index (χ0n) is 26.0. The molecular formula is C35H50O7. The van der Waals surface area contributed by atoms with E-state index in [0.717, 1.165) is 17.6 Å². The highest BCUT2D eigenvalue weighted by molar-refractivity contribution is 5.98. The zero-order valence-corrected chi connectivity index (χ0v) is 26.0. The first-order valence-corrected chi connectivity index (χ1v) is 16.0. The van der Waals surface area contributed by atoms with E-state index in [1.807, 2.05) is 19.1 Å². The van der Waals surface area contributed by atoms with Crippen LogP contribution in [0.4, 0.5) is 0 Å². The van der Waals surface area contributed by atoms with Crippen LogP contribution in [-0.2, 0) is 16.0 Å². The number of hydrogen-bond donors (Lipinski definition) is 5. The number of fused-ring (bicyclic) bond motifs is 5. The summed E-state index contributed by atoms with van der Waals surface area (Å²) in [7, 11) is 0. The van der Waals surface area contributed by atoms with Gasteiger partial charge in [-0.05, 0) is 110 Å². The highest BCUT2D eigenvalue weighted by atomic mass is 16.6. The van der Waals surface area contributed by atoms with Crippen LogP contribution < -0.4 is 0 Å². The first-order chi connectivity index (χ1) is 19.5. The third-order valence-corrected chi connectivity index (χ3v) is 13.4.